The van der Waals surface area contributed by atoms with Crippen LogP contribution in [0.4, 0.5) is 15.3 Å². The number of carbonyl (C=O) groups is 9. The predicted molar refractivity (Wildman–Crippen MR) is 335 cm³/mol. The van der Waals surface area contributed by atoms with Crippen LogP contribution in [0.3, 0.4) is 0 Å². The zero-order valence-electron chi connectivity index (χ0n) is 52.4. The first-order chi connectivity index (χ1) is 41.0. The smallest absolute Gasteiger partial charge is 0.407 e. The number of para-hydroxylation sites is 1. The number of amides is 7. The number of alkyl carbamates (subject to hydrolysis) is 1. The van der Waals surface area contributed by atoms with Crippen molar-refractivity contribution in [3.8, 4) is 11.8 Å². The molecule has 7 amide bonds. The molecule has 8 N–H and O–H groups in total. The van der Waals surface area contributed by atoms with Crippen LogP contribution in [0, 0.1) is 35.0 Å². The molecule has 0 bridgehead atoms. The molecule has 0 spiro atoms. The van der Waals surface area contributed by atoms with Crippen LogP contribution >= 0.6 is 0 Å². The summed E-state index contributed by atoms with van der Waals surface area (Å²) in [6.45, 7) is 18.8. The van der Waals surface area contributed by atoms with Crippen molar-refractivity contribution in [2.75, 3.05) is 25.5 Å². The van der Waals surface area contributed by atoms with E-state index in [1.54, 1.807) is 49.3 Å². The van der Waals surface area contributed by atoms with Crippen LogP contribution in [-0.2, 0) is 69.8 Å². The highest BCUT2D eigenvalue weighted by Gasteiger charge is 2.42. The summed E-state index contributed by atoms with van der Waals surface area (Å²) >= 11 is 0. The zero-order chi connectivity index (χ0) is 64.3. The van der Waals surface area contributed by atoms with Gasteiger partial charge in [0, 0.05) is 73.9 Å². The quantitative estimate of drug-likeness (QED) is 0.0155. The number of carboxylic acids is 1. The third kappa shape index (κ3) is 20.0. The number of hydrogen-bond acceptors (Lipinski definition) is 11. The molecule has 19 heteroatoms. The minimum atomic E-state index is -1.08. The number of nitrogens with zero attached hydrogens (tertiary/aromatic N) is 2. The molecule has 87 heavy (non-hydrogen) atoms. The molecule has 1 aliphatic rings. The normalized spacial score (nSPS) is 14.0. The van der Waals surface area contributed by atoms with Crippen molar-refractivity contribution >= 4 is 59.0 Å². The van der Waals surface area contributed by atoms with Crippen molar-refractivity contribution in [3.05, 3.63) is 148 Å². The molecule has 5 rings (SSSR count). The average Bonchev–Trinajstić information content (AvgIpc) is 1.57. The van der Waals surface area contributed by atoms with Gasteiger partial charge in [-0.1, -0.05) is 159 Å². The number of nitrogens with one attached hydrogen (secondary N) is 5. The van der Waals surface area contributed by atoms with Crippen molar-refractivity contribution in [1.29, 1.82) is 0 Å². The molecule has 466 valence electrons. The lowest BCUT2D eigenvalue weighted by molar-refractivity contribution is -0.141. The standard InChI is InChI=1S/C68H88N8O11/c1-42(2)53(38-52(77)32-33-58(79)76-40-50-22-14-13-20-48(50)30-31-49-21-15-16-25-55(49)76)61(80)73-54(24-18-34-71-65(69)85)57(78)37-45-26-28-46(29-27-45)41-87-66(86)72-39-47-19-17-23-51(36-47)68(9,10)59(70-11)62(81)74-60(67(6,7)8)63(82)75(12)56(43(3)4)35-44(5)64(83)84/h13-17,19-23,25-29,35-36,42-43,53-54,56,59-60,70H,18,24,32-34,37-41H2,1-12H3,(H,72,86)(H,73,80)(H,74,81)(H,83,84)(H3,69,71,85)/b44-35+/t53-,54-,56+,59+,60+/m0/s1. The van der Waals surface area contributed by atoms with E-state index in [2.05, 4.69) is 38.4 Å². The van der Waals surface area contributed by atoms with E-state index in [1.807, 2.05) is 135 Å². The second-order valence-electron chi connectivity index (χ2n) is 24.7. The predicted octanol–water partition coefficient (Wildman–Crippen LogP) is 8.03. The Morgan fingerprint density at radius 2 is 1.40 bits per heavy atom. The van der Waals surface area contributed by atoms with Crippen LogP contribution in [0.5, 0.6) is 0 Å². The number of hydrogen-bond donors (Lipinski definition) is 7. The maximum absolute atomic E-state index is 14.2. The summed E-state index contributed by atoms with van der Waals surface area (Å²) in [5.74, 6) is 2.04. The number of Topliss-reactive ketones (excluding diaryl/α,β-unsaturated/α-hetero) is 2. The summed E-state index contributed by atoms with van der Waals surface area (Å²) in [5.41, 5.74) is 9.70. The molecule has 0 aliphatic carbocycles. The number of aliphatic carboxylic acids is 1. The van der Waals surface area contributed by atoms with Crippen LogP contribution in [0.25, 0.3) is 0 Å². The Kier molecular flexibility index (Phi) is 25.2. The van der Waals surface area contributed by atoms with Gasteiger partial charge in [-0.15, -0.1) is 0 Å². The van der Waals surface area contributed by atoms with Crippen molar-refractivity contribution in [3.63, 3.8) is 0 Å². The van der Waals surface area contributed by atoms with Gasteiger partial charge in [-0.2, -0.15) is 0 Å². The van der Waals surface area contributed by atoms with Crippen molar-refractivity contribution in [2.45, 2.75) is 157 Å². The molecule has 1 heterocycles. The van der Waals surface area contributed by atoms with E-state index in [0.29, 0.717) is 28.8 Å². The SMILES string of the molecule is CN[C@H](C(=O)N[C@H](C(=O)N(C)[C@H](/C=C(\C)C(=O)O)C(C)C)C(C)(C)C)C(C)(C)c1cccc(CNC(=O)OCc2ccc(CC(=O)[C@H](CCCNC(N)=O)NC(=O)[C@@H](CC(=O)CCC(=O)N3Cc4ccccc4C#Cc4ccccc43)C(C)C)cc2)c1. The van der Waals surface area contributed by atoms with E-state index < -0.39 is 70.8 Å². The highest BCUT2D eigenvalue weighted by atomic mass is 16.5. The fourth-order valence-electron chi connectivity index (χ4n) is 10.5. The first kappa shape index (κ1) is 69.1. The molecule has 5 atom stereocenters. The Hall–Kier alpha value is -8.63. The number of urea groups is 1. The number of fused-ring (bicyclic) bond motifs is 2. The maximum Gasteiger partial charge on any atom is 0.407 e. The first-order valence-corrected chi connectivity index (χ1v) is 29.6. The monoisotopic (exact) mass is 1190 g/mol. The molecule has 1 aliphatic heterocycles. The largest absolute Gasteiger partial charge is 0.478 e. The number of primary amides is 1. The van der Waals surface area contributed by atoms with Crippen molar-refractivity contribution in [1.82, 2.24) is 31.5 Å². The molecule has 0 aromatic heterocycles. The van der Waals surface area contributed by atoms with Gasteiger partial charge in [-0.05, 0) is 90.1 Å². The summed E-state index contributed by atoms with van der Waals surface area (Å²) < 4.78 is 5.55. The number of likely N-dealkylation sites (N-methyl/N-ethyl adjacent to an activating group) is 2. The highest BCUT2D eigenvalue weighted by molar-refractivity contribution is 5.98. The zero-order valence-corrected chi connectivity index (χ0v) is 52.4. The molecule has 0 saturated carbocycles. The van der Waals surface area contributed by atoms with Crippen LogP contribution in [0.2, 0.25) is 0 Å². The lowest BCUT2D eigenvalue weighted by atomic mass is 9.76. The van der Waals surface area contributed by atoms with E-state index in [-0.39, 0.29) is 99.1 Å². The molecular formula is C68H88N8O11. The average molecular weight is 1190 g/mol. The number of anilines is 1. The summed E-state index contributed by atoms with van der Waals surface area (Å²) in [7, 11) is 3.28. The van der Waals surface area contributed by atoms with Gasteiger partial charge in [0.15, 0.2) is 5.78 Å². The van der Waals surface area contributed by atoms with E-state index in [1.165, 1.54) is 11.8 Å². The fourth-order valence-corrected chi connectivity index (χ4v) is 10.5. The molecule has 0 saturated heterocycles. The molecule has 4 aromatic carbocycles. The Balaban J connectivity index is 1.16. The number of rotatable bonds is 29. The number of carbonyl (C=O) groups excluding carboxylic acids is 8. The second-order valence-corrected chi connectivity index (χ2v) is 24.7. The summed E-state index contributed by atoms with van der Waals surface area (Å²) in [4.78, 5) is 123. The Morgan fingerprint density at radius 3 is 2.03 bits per heavy atom. The third-order valence-electron chi connectivity index (χ3n) is 15.8. The molecule has 0 radical (unpaired) electrons. The van der Waals surface area contributed by atoms with E-state index in [4.69, 9.17) is 10.5 Å². The minimum Gasteiger partial charge on any atom is -0.478 e. The Morgan fingerprint density at radius 1 is 0.759 bits per heavy atom. The summed E-state index contributed by atoms with van der Waals surface area (Å²) in [6, 6.07) is 25.4. The van der Waals surface area contributed by atoms with Crippen molar-refractivity contribution < 1.29 is 53.0 Å². The topological polar surface area (TPSA) is 276 Å². The van der Waals surface area contributed by atoms with Crippen LogP contribution < -0.4 is 37.2 Å². The minimum absolute atomic E-state index is 0.0582. The summed E-state index contributed by atoms with van der Waals surface area (Å²) in [5, 5.41) is 23.9. The van der Waals surface area contributed by atoms with Gasteiger partial charge in [-0.25, -0.2) is 14.4 Å². The van der Waals surface area contributed by atoms with Crippen LogP contribution in [-0.4, -0.2) is 108 Å². The molecule has 19 nitrogen and oxygen atoms in total. The second kappa shape index (κ2) is 31.7. The van der Waals surface area contributed by atoms with Gasteiger partial charge in [-0.3, -0.25) is 28.8 Å². The van der Waals surface area contributed by atoms with Crippen molar-refractivity contribution in [2.24, 2.45) is 28.9 Å². The number of carboxylic acid groups (broad SMARTS) is 1. The molecule has 0 unspecified atom stereocenters. The Labute approximate surface area is 512 Å². The highest BCUT2D eigenvalue weighted by Crippen LogP contribution is 2.31. The maximum atomic E-state index is 14.2. The van der Waals surface area contributed by atoms with Gasteiger partial charge in [0.25, 0.3) is 0 Å². The number of ketones is 2. The number of nitrogens with two attached hydrogens (primary N) is 1. The first-order valence-electron chi connectivity index (χ1n) is 29.6. The van der Waals surface area contributed by atoms with Gasteiger partial charge in [0.05, 0.1) is 30.4 Å². The lowest BCUT2D eigenvalue weighted by Crippen LogP contribution is -2.61. The van der Waals surface area contributed by atoms with Crippen LogP contribution in [0.1, 0.15) is 140 Å². The third-order valence-corrected chi connectivity index (χ3v) is 15.8. The Bertz CT molecular complexity index is 3220. The summed E-state index contributed by atoms with van der Waals surface area (Å²) in [6.07, 6.45) is 1.01. The van der Waals surface area contributed by atoms with Gasteiger partial charge in [0.1, 0.15) is 18.4 Å². The number of ether oxygens (including phenoxy) is 1. The molecular weight excluding hydrogens is 1100 g/mol. The van der Waals surface area contributed by atoms with E-state index in [9.17, 15) is 48.3 Å². The van der Waals surface area contributed by atoms with E-state index in [0.717, 1.165) is 22.3 Å². The molecule has 4 aromatic rings. The van der Waals surface area contributed by atoms with Crippen LogP contribution in [0.15, 0.2) is 109 Å². The van der Waals surface area contributed by atoms with E-state index >= 15 is 0 Å². The molecule has 0 fully saturated rings. The van der Waals surface area contributed by atoms with Gasteiger partial charge < -0.3 is 52.0 Å². The van der Waals surface area contributed by atoms with Gasteiger partial charge >= 0.3 is 18.1 Å². The number of benzene rings is 4. The van der Waals surface area contributed by atoms with Gasteiger partial charge in [0.2, 0.25) is 23.6 Å². The lowest BCUT2D eigenvalue weighted by Gasteiger charge is -2.40. The fraction of sp³-hybridized carbons (Fsp3) is 0.456.